The predicted molar refractivity (Wildman–Crippen MR) is 111 cm³/mol. The highest BCUT2D eigenvalue weighted by Gasteiger charge is 2.32. The average molecular weight is 433 g/mol. The van der Waals surface area contributed by atoms with E-state index in [4.69, 9.17) is 4.52 Å². The van der Waals surface area contributed by atoms with E-state index in [-0.39, 0.29) is 16.4 Å². The molecule has 0 spiro atoms. The van der Waals surface area contributed by atoms with Gasteiger partial charge in [0.05, 0.1) is 16.2 Å². The summed E-state index contributed by atoms with van der Waals surface area (Å²) >= 11 is 0. The lowest BCUT2D eigenvalue weighted by molar-refractivity contribution is 0.0621. The number of aromatic nitrogens is 1. The van der Waals surface area contributed by atoms with Gasteiger partial charge in [-0.1, -0.05) is 23.7 Å². The molecule has 0 radical (unpaired) electrons. The molecule has 0 unspecified atom stereocenters. The Kier molecular flexibility index (Phi) is 6.21. The molecule has 1 aromatic heterocycles. The minimum Gasteiger partial charge on any atom is -0.361 e. The van der Waals surface area contributed by atoms with Gasteiger partial charge in [0.2, 0.25) is 10.0 Å². The van der Waals surface area contributed by atoms with Gasteiger partial charge < -0.3 is 9.42 Å². The Morgan fingerprint density at radius 2 is 1.73 bits per heavy atom. The first-order chi connectivity index (χ1) is 14.4. The van der Waals surface area contributed by atoms with Crippen LogP contribution in [0.25, 0.3) is 0 Å². The number of piperazine rings is 1. The van der Waals surface area contributed by atoms with E-state index in [2.05, 4.69) is 10.1 Å². The minimum atomic E-state index is -3.67. The van der Waals surface area contributed by atoms with Crippen LogP contribution in [0.2, 0.25) is 0 Å². The fourth-order valence-corrected chi connectivity index (χ4v) is 5.81. The van der Waals surface area contributed by atoms with Crippen LogP contribution in [0, 0.1) is 6.92 Å². The summed E-state index contributed by atoms with van der Waals surface area (Å²) in [5.41, 5.74) is 1.15. The smallest absolute Gasteiger partial charge is 0.255 e. The monoisotopic (exact) mass is 432 g/mol. The molecule has 2 saturated heterocycles. The number of sulfonamides is 1. The lowest BCUT2D eigenvalue weighted by Gasteiger charge is -2.34. The number of rotatable bonds is 5. The van der Waals surface area contributed by atoms with Crippen LogP contribution in [-0.4, -0.2) is 72.9 Å². The highest BCUT2D eigenvalue weighted by atomic mass is 32.2. The molecule has 162 valence electrons. The van der Waals surface area contributed by atoms with Crippen LogP contribution >= 0.6 is 0 Å². The van der Waals surface area contributed by atoms with Crippen molar-refractivity contribution in [2.45, 2.75) is 37.6 Å². The van der Waals surface area contributed by atoms with Gasteiger partial charge >= 0.3 is 0 Å². The number of nitrogens with zero attached hydrogens (tertiary/aromatic N) is 4. The molecule has 0 aliphatic carbocycles. The molecular weight excluding hydrogens is 404 g/mol. The van der Waals surface area contributed by atoms with E-state index in [1.54, 1.807) is 29.2 Å². The second-order valence-electron chi connectivity index (χ2n) is 7.96. The van der Waals surface area contributed by atoms with E-state index in [1.165, 1.54) is 4.31 Å². The Morgan fingerprint density at radius 1 is 1.03 bits per heavy atom. The third kappa shape index (κ3) is 4.43. The van der Waals surface area contributed by atoms with Crippen LogP contribution in [0.4, 0.5) is 0 Å². The summed E-state index contributed by atoms with van der Waals surface area (Å²) in [6.07, 6.45) is 2.77. The van der Waals surface area contributed by atoms with Crippen molar-refractivity contribution in [3.8, 4) is 0 Å². The fourth-order valence-electron chi connectivity index (χ4n) is 4.11. The molecule has 2 aromatic rings. The summed E-state index contributed by atoms with van der Waals surface area (Å²) in [4.78, 5) is 17.3. The van der Waals surface area contributed by atoms with Gasteiger partial charge in [0.1, 0.15) is 5.76 Å². The summed E-state index contributed by atoms with van der Waals surface area (Å²) in [7, 11) is -3.67. The number of carbonyl (C=O) groups excluding carboxylic acids is 1. The Morgan fingerprint density at radius 3 is 2.40 bits per heavy atom. The third-order valence-corrected chi connectivity index (χ3v) is 7.73. The van der Waals surface area contributed by atoms with Crippen LogP contribution in [0.3, 0.4) is 0 Å². The normalized spacial score (nSPS) is 19.2. The zero-order chi connectivity index (χ0) is 21.1. The molecule has 1 aromatic carbocycles. The summed E-state index contributed by atoms with van der Waals surface area (Å²) in [5, 5.41) is 4.03. The van der Waals surface area contributed by atoms with E-state index in [0.29, 0.717) is 45.8 Å². The van der Waals surface area contributed by atoms with Crippen molar-refractivity contribution in [1.82, 2.24) is 19.3 Å². The highest BCUT2D eigenvalue weighted by molar-refractivity contribution is 7.89. The molecule has 30 heavy (non-hydrogen) atoms. The number of piperidine rings is 1. The Labute approximate surface area is 177 Å². The minimum absolute atomic E-state index is 0.123. The van der Waals surface area contributed by atoms with Gasteiger partial charge in [-0.15, -0.1) is 0 Å². The molecular formula is C21H28N4O4S. The first-order valence-electron chi connectivity index (χ1n) is 10.5. The molecule has 0 saturated carbocycles. The molecule has 9 heteroatoms. The second kappa shape index (κ2) is 8.87. The molecule has 1 amide bonds. The van der Waals surface area contributed by atoms with Crippen LogP contribution in [0.5, 0.6) is 0 Å². The first kappa shape index (κ1) is 21.0. The fraction of sp³-hybridized carbons (Fsp3) is 0.524. The number of hydrogen-bond donors (Lipinski definition) is 0. The third-order valence-electron chi connectivity index (χ3n) is 5.77. The molecule has 4 rings (SSSR count). The number of carbonyl (C=O) groups is 1. The van der Waals surface area contributed by atoms with Crippen molar-refractivity contribution in [3.05, 3.63) is 47.3 Å². The van der Waals surface area contributed by atoms with Crippen molar-refractivity contribution in [3.63, 3.8) is 0 Å². The quantitative estimate of drug-likeness (QED) is 0.719. The zero-order valence-corrected chi connectivity index (χ0v) is 18.1. The van der Waals surface area contributed by atoms with Gasteiger partial charge in [0, 0.05) is 51.9 Å². The summed E-state index contributed by atoms with van der Waals surface area (Å²) in [5.74, 6) is 0.563. The molecule has 0 N–H and O–H groups in total. The maximum atomic E-state index is 13.2. The van der Waals surface area contributed by atoms with E-state index in [9.17, 15) is 13.2 Å². The van der Waals surface area contributed by atoms with Gasteiger partial charge in [-0.2, -0.15) is 4.31 Å². The van der Waals surface area contributed by atoms with Crippen molar-refractivity contribution in [1.29, 1.82) is 0 Å². The molecule has 8 nitrogen and oxygen atoms in total. The van der Waals surface area contributed by atoms with Gasteiger partial charge in [0.15, 0.2) is 0 Å². The number of benzene rings is 1. The van der Waals surface area contributed by atoms with Crippen LogP contribution in [-0.2, 0) is 16.6 Å². The lowest BCUT2D eigenvalue weighted by atomic mass is 10.1. The number of aryl methyl sites for hydroxylation is 1. The zero-order valence-electron chi connectivity index (χ0n) is 17.3. The molecule has 2 fully saturated rings. The van der Waals surface area contributed by atoms with Crippen LogP contribution in [0.15, 0.2) is 39.8 Å². The first-order valence-corrected chi connectivity index (χ1v) is 11.9. The molecule has 0 bridgehead atoms. The van der Waals surface area contributed by atoms with Gasteiger partial charge in [-0.05, 0) is 31.9 Å². The SMILES string of the molecule is Cc1cc(CN2CCN(C(=O)c3ccccc3S(=O)(=O)N3CCCCC3)CC2)no1. The van der Waals surface area contributed by atoms with E-state index >= 15 is 0 Å². The van der Waals surface area contributed by atoms with Gasteiger partial charge in [0.25, 0.3) is 5.91 Å². The Balaban J connectivity index is 1.45. The molecule has 0 atom stereocenters. The number of amides is 1. The molecule has 3 heterocycles. The maximum absolute atomic E-state index is 13.2. The summed E-state index contributed by atoms with van der Waals surface area (Å²) in [6, 6.07) is 8.51. The van der Waals surface area contributed by atoms with E-state index in [1.807, 2.05) is 13.0 Å². The van der Waals surface area contributed by atoms with Crippen molar-refractivity contribution in [2.75, 3.05) is 39.3 Å². The van der Waals surface area contributed by atoms with Crippen molar-refractivity contribution in [2.24, 2.45) is 0 Å². The van der Waals surface area contributed by atoms with Crippen LogP contribution < -0.4 is 0 Å². The van der Waals surface area contributed by atoms with Crippen molar-refractivity contribution >= 4 is 15.9 Å². The Bertz CT molecular complexity index is 990. The summed E-state index contributed by atoms with van der Waals surface area (Å²) in [6.45, 7) is 6.09. The van der Waals surface area contributed by atoms with E-state index in [0.717, 1.165) is 30.7 Å². The topological polar surface area (TPSA) is 87.0 Å². The molecule has 2 aliphatic heterocycles. The largest absolute Gasteiger partial charge is 0.361 e. The molecule has 2 aliphatic rings. The predicted octanol–water partition coefficient (Wildman–Crippen LogP) is 2.12. The van der Waals surface area contributed by atoms with E-state index < -0.39 is 10.0 Å². The van der Waals surface area contributed by atoms with Gasteiger partial charge in [-0.3, -0.25) is 9.69 Å². The maximum Gasteiger partial charge on any atom is 0.255 e. The van der Waals surface area contributed by atoms with Gasteiger partial charge in [-0.25, -0.2) is 8.42 Å². The average Bonchev–Trinajstić information content (AvgIpc) is 3.19. The Hall–Kier alpha value is -2.23. The lowest BCUT2D eigenvalue weighted by Crippen LogP contribution is -2.48. The highest BCUT2D eigenvalue weighted by Crippen LogP contribution is 2.25. The summed E-state index contributed by atoms with van der Waals surface area (Å²) < 4.78 is 33.0. The second-order valence-corrected chi connectivity index (χ2v) is 9.86. The standard InChI is InChI=1S/C21H28N4O4S/c1-17-15-18(22-29-17)16-23-11-13-24(14-12-23)21(26)19-7-3-4-8-20(19)30(27,28)25-9-5-2-6-10-25/h3-4,7-8,15H,2,5-6,9-14,16H2,1H3. The van der Waals surface area contributed by atoms with Crippen molar-refractivity contribution < 1.29 is 17.7 Å². The van der Waals surface area contributed by atoms with Crippen LogP contribution in [0.1, 0.15) is 41.1 Å². The number of hydrogen-bond acceptors (Lipinski definition) is 6.